The normalized spacial score (nSPS) is 14.1. The second-order valence-corrected chi connectivity index (χ2v) is 15.8. The van der Waals surface area contributed by atoms with E-state index in [0.717, 1.165) is 38.5 Å². The molecule has 0 saturated carbocycles. The van der Waals surface area contributed by atoms with Crippen LogP contribution in [0.3, 0.4) is 0 Å². The number of hydrogen-bond acceptors (Lipinski definition) is 5. The SMILES string of the molecule is CCCCCCCCCCCCCCCCCCCCCCCCCCCCCCCCCC(O)C(=O)NC(CO)C(O)C(O)CCCCC. The Morgan fingerprint density at radius 2 is 0.680 bits per heavy atom. The van der Waals surface area contributed by atoms with Gasteiger partial charge >= 0.3 is 0 Å². The molecule has 4 atom stereocenters. The van der Waals surface area contributed by atoms with Crippen LogP contribution in [0.1, 0.15) is 245 Å². The molecule has 50 heavy (non-hydrogen) atoms. The second kappa shape index (κ2) is 39.5. The molecule has 4 unspecified atom stereocenters. The lowest BCUT2D eigenvalue weighted by Gasteiger charge is -2.27. The first kappa shape index (κ1) is 49.3. The van der Waals surface area contributed by atoms with Crippen molar-refractivity contribution in [2.24, 2.45) is 0 Å². The molecular weight excluding hydrogens is 622 g/mol. The number of carbonyl (C=O) groups is 1. The molecule has 0 aromatic carbocycles. The molecule has 0 rings (SSSR count). The summed E-state index contributed by atoms with van der Waals surface area (Å²) in [5.74, 6) is -0.588. The highest BCUT2D eigenvalue weighted by Crippen LogP contribution is 2.17. The Hall–Kier alpha value is -0.690. The fraction of sp³-hybridized carbons (Fsp3) is 0.977. The van der Waals surface area contributed by atoms with Crippen LogP contribution in [0.15, 0.2) is 0 Å². The molecule has 1 amide bonds. The maximum absolute atomic E-state index is 12.3. The van der Waals surface area contributed by atoms with E-state index in [1.54, 1.807) is 0 Å². The van der Waals surface area contributed by atoms with E-state index in [-0.39, 0.29) is 0 Å². The summed E-state index contributed by atoms with van der Waals surface area (Å²) in [6, 6.07) is -0.975. The zero-order valence-electron chi connectivity index (χ0n) is 33.7. The third-order valence-corrected chi connectivity index (χ3v) is 10.8. The van der Waals surface area contributed by atoms with Gasteiger partial charge in [-0.2, -0.15) is 0 Å². The highest BCUT2D eigenvalue weighted by atomic mass is 16.3. The third-order valence-electron chi connectivity index (χ3n) is 10.8. The van der Waals surface area contributed by atoms with E-state index in [2.05, 4.69) is 19.2 Å². The van der Waals surface area contributed by atoms with Gasteiger partial charge in [0.25, 0.3) is 0 Å². The maximum atomic E-state index is 12.3. The van der Waals surface area contributed by atoms with Crippen LogP contribution in [0.5, 0.6) is 0 Å². The van der Waals surface area contributed by atoms with E-state index >= 15 is 0 Å². The monoisotopic (exact) mass is 712 g/mol. The van der Waals surface area contributed by atoms with Gasteiger partial charge in [-0.3, -0.25) is 4.79 Å². The van der Waals surface area contributed by atoms with Crippen LogP contribution in [-0.4, -0.2) is 57.3 Å². The summed E-state index contributed by atoms with van der Waals surface area (Å²) in [5, 5.41) is 42.8. The third kappa shape index (κ3) is 33.2. The predicted octanol–water partition coefficient (Wildman–Crippen LogP) is 11.6. The minimum absolute atomic E-state index is 0.374. The first-order valence-electron chi connectivity index (χ1n) is 22.4. The summed E-state index contributed by atoms with van der Waals surface area (Å²) in [7, 11) is 0. The molecule has 0 aliphatic rings. The minimum atomic E-state index is -1.25. The number of amides is 1. The lowest BCUT2D eigenvalue weighted by atomic mass is 10.00. The molecule has 0 aliphatic carbocycles. The highest BCUT2D eigenvalue weighted by Gasteiger charge is 2.28. The Bertz CT molecular complexity index is 677. The van der Waals surface area contributed by atoms with Gasteiger partial charge in [-0.15, -0.1) is 0 Å². The van der Waals surface area contributed by atoms with Gasteiger partial charge in [-0.25, -0.2) is 0 Å². The zero-order chi connectivity index (χ0) is 36.8. The Morgan fingerprint density at radius 3 is 0.980 bits per heavy atom. The predicted molar refractivity (Wildman–Crippen MR) is 215 cm³/mol. The number of unbranched alkanes of at least 4 members (excludes halogenated alkanes) is 32. The van der Waals surface area contributed by atoms with Crippen LogP contribution in [0, 0.1) is 0 Å². The molecule has 300 valence electrons. The second-order valence-electron chi connectivity index (χ2n) is 15.8. The number of nitrogens with one attached hydrogen (secondary N) is 1. The van der Waals surface area contributed by atoms with Crippen LogP contribution in [0.4, 0.5) is 0 Å². The fourth-order valence-corrected chi connectivity index (χ4v) is 7.23. The molecule has 0 aromatic heterocycles. The van der Waals surface area contributed by atoms with Crippen molar-refractivity contribution in [1.82, 2.24) is 5.32 Å². The highest BCUT2D eigenvalue weighted by molar-refractivity contribution is 5.80. The number of aliphatic hydroxyl groups is 4. The van der Waals surface area contributed by atoms with Gasteiger partial charge in [0.15, 0.2) is 0 Å². The van der Waals surface area contributed by atoms with Gasteiger partial charge in [0.05, 0.1) is 18.8 Å². The standard InChI is InChI=1S/C44H89NO5/c1-3-5-7-8-9-10-11-12-13-14-15-16-17-18-19-20-21-22-23-24-25-26-27-28-29-30-31-32-33-34-36-38-42(48)44(50)45-40(39-46)43(49)41(47)37-35-6-4-2/h40-43,46-49H,3-39H2,1-2H3,(H,45,50). The topological polar surface area (TPSA) is 110 Å². The van der Waals surface area contributed by atoms with Gasteiger partial charge < -0.3 is 25.7 Å². The molecular formula is C44H89NO5. The molecule has 5 N–H and O–H groups in total. The van der Waals surface area contributed by atoms with Gasteiger partial charge in [-0.05, 0) is 12.8 Å². The van der Waals surface area contributed by atoms with E-state index in [4.69, 9.17) is 0 Å². The average Bonchev–Trinajstić information content (AvgIpc) is 3.12. The van der Waals surface area contributed by atoms with Crippen molar-refractivity contribution in [3.8, 4) is 0 Å². The van der Waals surface area contributed by atoms with Crippen molar-refractivity contribution < 1.29 is 25.2 Å². The lowest BCUT2D eigenvalue weighted by Crippen LogP contribution is -2.53. The molecule has 0 fully saturated rings. The van der Waals surface area contributed by atoms with Crippen molar-refractivity contribution in [2.75, 3.05) is 6.61 Å². The smallest absolute Gasteiger partial charge is 0.249 e. The summed E-state index contributed by atoms with van der Waals surface area (Å²) >= 11 is 0. The van der Waals surface area contributed by atoms with Gasteiger partial charge in [0, 0.05) is 0 Å². The number of rotatable bonds is 41. The van der Waals surface area contributed by atoms with Crippen molar-refractivity contribution in [2.45, 2.75) is 269 Å². The molecule has 0 heterocycles. The molecule has 0 radical (unpaired) electrons. The van der Waals surface area contributed by atoms with E-state index in [9.17, 15) is 25.2 Å². The Labute approximate surface area is 311 Å². The molecule has 0 spiro atoms. The van der Waals surface area contributed by atoms with E-state index in [0.29, 0.717) is 12.8 Å². The Balaban J connectivity index is 3.39. The number of hydrogen-bond donors (Lipinski definition) is 5. The minimum Gasteiger partial charge on any atom is -0.394 e. The molecule has 0 bridgehead atoms. The molecule has 6 nitrogen and oxygen atoms in total. The Kier molecular flexibility index (Phi) is 39.0. The summed E-state index contributed by atoms with van der Waals surface area (Å²) in [6.07, 6.45) is 42.6. The fourth-order valence-electron chi connectivity index (χ4n) is 7.23. The van der Waals surface area contributed by atoms with Gasteiger partial charge in [0.1, 0.15) is 12.2 Å². The van der Waals surface area contributed by atoms with E-state index < -0.39 is 36.9 Å². The summed E-state index contributed by atoms with van der Waals surface area (Å²) in [4.78, 5) is 12.3. The summed E-state index contributed by atoms with van der Waals surface area (Å²) in [5.41, 5.74) is 0. The average molecular weight is 712 g/mol. The molecule has 0 aromatic rings. The van der Waals surface area contributed by atoms with Gasteiger partial charge in [-0.1, -0.05) is 232 Å². The van der Waals surface area contributed by atoms with Crippen LogP contribution < -0.4 is 5.32 Å². The van der Waals surface area contributed by atoms with E-state index in [1.807, 2.05) is 0 Å². The van der Waals surface area contributed by atoms with Crippen molar-refractivity contribution in [1.29, 1.82) is 0 Å². The quantitative estimate of drug-likeness (QED) is 0.0406. The summed E-state index contributed by atoms with van der Waals surface area (Å²) in [6.45, 7) is 3.88. The molecule has 0 aliphatic heterocycles. The van der Waals surface area contributed by atoms with Crippen molar-refractivity contribution in [3.63, 3.8) is 0 Å². The first-order chi connectivity index (χ1) is 24.5. The summed E-state index contributed by atoms with van der Waals surface area (Å²) < 4.78 is 0. The van der Waals surface area contributed by atoms with Crippen LogP contribution in [0.25, 0.3) is 0 Å². The maximum Gasteiger partial charge on any atom is 0.249 e. The van der Waals surface area contributed by atoms with Gasteiger partial charge in [0.2, 0.25) is 5.91 Å². The number of aliphatic hydroxyl groups excluding tert-OH is 4. The van der Waals surface area contributed by atoms with Crippen molar-refractivity contribution in [3.05, 3.63) is 0 Å². The van der Waals surface area contributed by atoms with Crippen LogP contribution in [-0.2, 0) is 4.79 Å². The molecule has 6 heteroatoms. The molecule has 0 saturated heterocycles. The van der Waals surface area contributed by atoms with Crippen molar-refractivity contribution >= 4 is 5.91 Å². The largest absolute Gasteiger partial charge is 0.394 e. The zero-order valence-corrected chi connectivity index (χ0v) is 33.7. The van der Waals surface area contributed by atoms with Crippen LogP contribution in [0.2, 0.25) is 0 Å². The van der Waals surface area contributed by atoms with Crippen LogP contribution >= 0.6 is 0 Å². The van der Waals surface area contributed by atoms with E-state index in [1.165, 1.54) is 180 Å². The lowest BCUT2D eigenvalue weighted by molar-refractivity contribution is -0.132. The first-order valence-corrected chi connectivity index (χ1v) is 22.4. The number of carbonyl (C=O) groups excluding carboxylic acids is 1. The Morgan fingerprint density at radius 1 is 0.420 bits per heavy atom.